The fourth-order valence-electron chi connectivity index (χ4n) is 3.37. The zero-order chi connectivity index (χ0) is 18.5. The number of amides is 1. The minimum Gasteiger partial charge on any atom is -0.464 e. The molecule has 7 nitrogen and oxygen atoms in total. The second-order valence-corrected chi connectivity index (χ2v) is 6.68. The summed E-state index contributed by atoms with van der Waals surface area (Å²) in [6, 6.07) is 7.86. The van der Waals surface area contributed by atoms with E-state index in [2.05, 4.69) is 5.32 Å². The van der Waals surface area contributed by atoms with Gasteiger partial charge in [-0.3, -0.25) is 14.9 Å². The molecule has 0 aliphatic carbocycles. The molecule has 1 unspecified atom stereocenters. The fraction of sp³-hybridized carbons (Fsp3) is 0.526. The lowest BCUT2D eigenvalue weighted by Crippen LogP contribution is -2.52. The fourth-order valence-corrected chi connectivity index (χ4v) is 3.37. The van der Waals surface area contributed by atoms with E-state index < -0.39 is 18.1 Å². The van der Waals surface area contributed by atoms with Gasteiger partial charge < -0.3 is 14.4 Å². The van der Waals surface area contributed by atoms with Crippen LogP contribution < -0.4 is 5.32 Å². The third kappa shape index (κ3) is 4.22. The molecule has 2 fully saturated rings. The minimum absolute atomic E-state index is 0.191. The lowest BCUT2D eigenvalue weighted by molar-refractivity contribution is -0.155. The number of carbonyl (C=O) groups excluding carboxylic acids is 3. The van der Waals surface area contributed by atoms with E-state index in [9.17, 15) is 14.4 Å². The van der Waals surface area contributed by atoms with E-state index in [1.807, 2.05) is 30.3 Å². The number of likely N-dealkylation sites (tertiary alicyclic amines) is 1. The monoisotopic (exact) mass is 360 g/mol. The number of cyclic esters (lactones) is 1. The Morgan fingerprint density at radius 1 is 1.31 bits per heavy atom. The highest BCUT2D eigenvalue weighted by molar-refractivity contribution is 5.88. The highest BCUT2D eigenvalue weighted by atomic mass is 16.5. The number of benzene rings is 1. The van der Waals surface area contributed by atoms with Crippen molar-refractivity contribution in [2.45, 2.75) is 50.9 Å². The highest BCUT2D eigenvalue weighted by Crippen LogP contribution is 2.20. The highest BCUT2D eigenvalue weighted by Gasteiger charge is 2.38. The third-order valence-electron chi connectivity index (χ3n) is 4.79. The summed E-state index contributed by atoms with van der Waals surface area (Å²) >= 11 is 0. The van der Waals surface area contributed by atoms with Gasteiger partial charge in [-0.2, -0.15) is 0 Å². The molecule has 1 aromatic rings. The lowest BCUT2D eigenvalue weighted by Gasteiger charge is -2.27. The first-order chi connectivity index (χ1) is 12.6. The van der Waals surface area contributed by atoms with Crippen molar-refractivity contribution in [1.29, 1.82) is 0 Å². The first-order valence-electron chi connectivity index (χ1n) is 9.00. The molecule has 0 radical (unpaired) electrons. The van der Waals surface area contributed by atoms with Gasteiger partial charge in [0.25, 0.3) is 0 Å². The number of nitrogens with zero attached hydrogens (tertiary/aromatic N) is 1. The molecule has 2 heterocycles. The van der Waals surface area contributed by atoms with Gasteiger partial charge in [0.15, 0.2) is 0 Å². The molecular formula is C19H24N2O5. The van der Waals surface area contributed by atoms with Gasteiger partial charge in [0.1, 0.15) is 18.7 Å². The summed E-state index contributed by atoms with van der Waals surface area (Å²) in [5.74, 6) is -0.902. The van der Waals surface area contributed by atoms with Crippen LogP contribution in [0.15, 0.2) is 30.3 Å². The zero-order valence-corrected chi connectivity index (χ0v) is 14.8. The molecule has 2 aliphatic rings. The maximum atomic E-state index is 12.7. The number of esters is 2. The van der Waals surface area contributed by atoms with Crippen LogP contribution in [0.4, 0.5) is 0 Å². The first-order valence-corrected chi connectivity index (χ1v) is 9.00. The molecule has 7 heteroatoms. The number of ether oxygens (including phenoxy) is 2. The average molecular weight is 360 g/mol. The summed E-state index contributed by atoms with van der Waals surface area (Å²) in [6.45, 7) is 2.79. The Balaban J connectivity index is 1.55. The number of hydrogen-bond donors (Lipinski definition) is 1. The van der Waals surface area contributed by atoms with Gasteiger partial charge in [0.05, 0.1) is 12.6 Å². The second kappa shape index (κ2) is 8.31. The van der Waals surface area contributed by atoms with Gasteiger partial charge >= 0.3 is 11.9 Å². The van der Waals surface area contributed by atoms with Crippen molar-refractivity contribution in [1.82, 2.24) is 10.2 Å². The van der Waals surface area contributed by atoms with Crippen molar-refractivity contribution in [2.75, 3.05) is 13.2 Å². The number of nitrogens with one attached hydrogen (secondary N) is 1. The summed E-state index contributed by atoms with van der Waals surface area (Å²) < 4.78 is 10.3. The maximum absolute atomic E-state index is 12.7. The topological polar surface area (TPSA) is 84.9 Å². The molecule has 2 saturated heterocycles. The van der Waals surface area contributed by atoms with Gasteiger partial charge in [0, 0.05) is 13.0 Å². The Labute approximate surface area is 152 Å². The number of carbonyl (C=O) groups is 3. The van der Waals surface area contributed by atoms with Crippen LogP contribution in [-0.2, 0) is 30.5 Å². The summed E-state index contributed by atoms with van der Waals surface area (Å²) in [5, 5.41) is 3.00. The van der Waals surface area contributed by atoms with E-state index in [0.29, 0.717) is 26.0 Å². The van der Waals surface area contributed by atoms with Crippen LogP contribution >= 0.6 is 0 Å². The van der Waals surface area contributed by atoms with E-state index in [1.165, 1.54) is 0 Å². The van der Waals surface area contributed by atoms with Crippen LogP contribution in [0.2, 0.25) is 0 Å². The van der Waals surface area contributed by atoms with Gasteiger partial charge in [0.2, 0.25) is 5.91 Å². The van der Waals surface area contributed by atoms with Crippen molar-refractivity contribution < 1.29 is 23.9 Å². The Bertz CT molecular complexity index is 663. The number of rotatable bonds is 6. The molecule has 0 saturated carbocycles. The van der Waals surface area contributed by atoms with E-state index in [4.69, 9.17) is 9.47 Å². The molecule has 1 N–H and O–H groups in total. The van der Waals surface area contributed by atoms with Crippen LogP contribution in [0.25, 0.3) is 0 Å². The van der Waals surface area contributed by atoms with Crippen molar-refractivity contribution in [3.05, 3.63) is 35.9 Å². The molecule has 26 heavy (non-hydrogen) atoms. The molecule has 0 bridgehead atoms. The summed E-state index contributed by atoms with van der Waals surface area (Å²) in [7, 11) is 0. The van der Waals surface area contributed by atoms with E-state index in [0.717, 1.165) is 12.0 Å². The number of hydrogen-bond acceptors (Lipinski definition) is 6. The summed E-state index contributed by atoms with van der Waals surface area (Å²) in [6.07, 6.45) is 1.91. The molecule has 3 atom stereocenters. The largest absolute Gasteiger partial charge is 0.464 e. The van der Waals surface area contributed by atoms with Crippen molar-refractivity contribution >= 4 is 17.8 Å². The van der Waals surface area contributed by atoms with Gasteiger partial charge in [-0.05, 0) is 25.3 Å². The molecule has 2 aliphatic heterocycles. The van der Waals surface area contributed by atoms with E-state index in [1.54, 1.807) is 11.8 Å². The average Bonchev–Trinajstić information content (AvgIpc) is 3.29. The predicted molar refractivity (Wildman–Crippen MR) is 92.9 cm³/mol. The maximum Gasteiger partial charge on any atom is 0.329 e. The Hall–Kier alpha value is -2.41. The van der Waals surface area contributed by atoms with E-state index in [-0.39, 0.29) is 24.5 Å². The minimum atomic E-state index is -0.564. The summed E-state index contributed by atoms with van der Waals surface area (Å²) in [4.78, 5) is 38.3. The Kier molecular flexibility index (Phi) is 5.88. The van der Waals surface area contributed by atoms with Crippen LogP contribution in [0, 0.1) is 0 Å². The van der Waals surface area contributed by atoms with Crippen LogP contribution in [0.3, 0.4) is 0 Å². The smallest absolute Gasteiger partial charge is 0.329 e. The third-order valence-corrected chi connectivity index (χ3v) is 4.79. The quantitative estimate of drug-likeness (QED) is 0.763. The van der Waals surface area contributed by atoms with Gasteiger partial charge in [-0.25, -0.2) is 4.79 Å². The Morgan fingerprint density at radius 3 is 2.77 bits per heavy atom. The molecule has 1 amide bonds. The van der Waals surface area contributed by atoms with Crippen molar-refractivity contribution in [2.24, 2.45) is 0 Å². The molecule has 140 valence electrons. The molecule has 1 aromatic carbocycles. The van der Waals surface area contributed by atoms with Crippen molar-refractivity contribution in [3.8, 4) is 0 Å². The standard InChI is InChI=1S/C19H24N2O5/c1-13(20-15-9-11-25-18(15)23)17(22)21-10-5-8-16(21)19(24)26-12-14-6-3-2-4-7-14/h2-4,6-7,13,15-16,20H,5,8-12H2,1H3/t13-,15?,16-/m0/s1. The normalized spacial score (nSPS) is 23.6. The van der Waals surface area contributed by atoms with Crippen LogP contribution in [0.5, 0.6) is 0 Å². The van der Waals surface area contributed by atoms with Crippen molar-refractivity contribution in [3.63, 3.8) is 0 Å². The Morgan fingerprint density at radius 2 is 2.08 bits per heavy atom. The molecule has 3 rings (SSSR count). The SMILES string of the molecule is C[C@H](NC1CCOC1=O)C(=O)N1CCC[C@H]1C(=O)OCc1ccccc1. The molecule has 0 spiro atoms. The first kappa shape index (κ1) is 18.4. The summed E-state index contributed by atoms with van der Waals surface area (Å²) in [5.41, 5.74) is 0.909. The lowest BCUT2D eigenvalue weighted by atomic mass is 10.1. The van der Waals surface area contributed by atoms with Crippen LogP contribution in [0.1, 0.15) is 31.7 Å². The van der Waals surface area contributed by atoms with Gasteiger partial charge in [-0.15, -0.1) is 0 Å². The molecular weight excluding hydrogens is 336 g/mol. The predicted octanol–water partition coefficient (Wildman–Crippen LogP) is 1.01. The van der Waals surface area contributed by atoms with Crippen LogP contribution in [-0.4, -0.2) is 54.0 Å². The second-order valence-electron chi connectivity index (χ2n) is 6.68. The zero-order valence-electron chi connectivity index (χ0n) is 14.8. The molecule has 0 aromatic heterocycles. The van der Waals surface area contributed by atoms with E-state index >= 15 is 0 Å². The van der Waals surface area contributed by atoms with Gasteiger partial charge in [-0.1, -0.05) is 30.3 Å².